The van der Waals surface area contributed by atoms with Gasteiger partial charge in [-0.3, -0.25) is 4.90 Å². The summed E-state index contributed by atoms with van der Waals surface area (Å²) in [5.41, 5.74) is 0. The topological polar surface area (TPSA) is 41.6 Å². The Hall–Kier alpha value is -0.870. The standard InChI is InChI=1S/C8H12N2O2/c11-8-2-1-7(12-8)10-5-3-9-4-6-10/h1-2,7,9H,3-6H2. The zero-order valence-electron chi connectivity index (χ0n) is 6.82. The summed E-state index contributed by atoms with van der Waals surface area (Å²) in [5.74, 6) is -0.224. The van der Waals surface area contributed by atoms with Crippen molar-refractivity contribution >= 4 is 5.97 Å². The van der Waals surface area contributed by atoms with Gasteiger partial charge in [-0.15, -0.1) is 0 Å². The maximum atomic E-state index is 10.7. The van der Waals surface area contributed by atoms with E-state index in [-0.39, 0.29) is 12.2 Å². The molecule has 2 aliphatic heterocycles. The van der Waals surface area contributed by atoms with Crippen LogP contribution in [0.4, 0.5) is 0 Å². The zero-order valence-corrected chi connectivity index (χ0v) is 6.82. The molecule has 0 aromatic carbocycles. The SMILES string of the molecule is O=C1C=CC(N2CCNCC2)O1. The molecule has 0 amide bonds. The Morgan fingerprint density at radius 1 is 1.50 bits per heavy atom. The van der Waals surface area contributed by atoms with E-state index in [0.29, 0.717) is 0 Å². The van der Waals surface area contributed by atoms with Gasteiger partial charge in [-0.1, -0.05) is 0 Å². The quantitative estimate of drug-likeness (QED) is 0.527. The van der Waals surface area contributed by atoms with Crippen LogP contribution in [0.2, 0.25) is 0 Å². The fourth-order valence-corrected chi connectivity index (χ4v) is 1.49. The van der Waals surface area contributed by atoms with Crippen LogP contribution < -0.4 is 5.32 Å². The van der Waals surface area contributed by atoms with E-state index in [1.807, 2.05) is 6.08 Å². The van der Waals surface area contributed by atoms with Crippen molar-refractivity contribution in [3.63, 3.8) is 0 Å². The predicted molar refractivity (Wildman–Crippen MR) is 43.5 cm³/mol. The highest BCUT2D eigenvalue weighted by molar-refractivity contribution is 5.84. The summed E-state index contributed by atoms with van der Waals surface area (Å²) in [6.07, 6.45) is 3.19. The van der Waals surface area contributed by atoms with Gasteiger partial charge in [0.15, 0.2) is 6.23 Å². The smallest absolute Gasteiger partial charge is 0.332 e. The highest BCUT2D eigenvalue weighted by atomic mass is 16.6. The maximum Gasteiger partial charge on any atom is 0.332 e. The maximum absolute atomic E-state index is 10.7. The molecule has 1 saturated heterocycles. The molecule has 2 aliphatic rings. The molecule has 0 bridgehead atoms. The zero-order chi connectivity index (χ0) is 8.39. The lowest BCUT2D eigenvalue weighted by atomic mass is 10.3. The Labute approximate surface area is 71.2 Å². The predicted octanol–water partition coefficient (Wildman–Crippen LogP) is -0.669. The fourth-order valence-electron chi connectivity index (χ4n) is 1.49. The van der Waals surface area contributed by atoms with Crippen LogP contribution in [0.1, 0.15) is 0 Å². The first-order valence-electron chi connectivity index (χ1n) is 4.20. The first-order chi connectivity index (χ1) is 5.86. The second-order valence-electron chi connectivity index (χ2n) is 2.97. The van der Waals surface area contributed by atoms with Crippen LogP contribution in [0.5, 0.6) is 0 Å². The number of carbonyl (C=O) groups excluding carboxylic acids is 1. The van der Waals surface area contributed by atoms with Gasteiger partial charge in [0.2, 0.25) is 0 Å². The molecule has 1 N–H and O–H groups in total. The number of piperazine rings is 1. The molecule has 1 unspecified atom stereocenters. The largest absolute Gasteiger partial charge is 0.439 e. The third kappa shape index (κ3) is 1.49. The molecule has 2 heterocycles. The van der Waals surface area contributed by atoms with Gasteiger partial charge in [0.1, 0.15) is 0 Å². The molecular formula is C8H12N2O2. The summed E-state index contributed by atoms with van der Waals surface area (Å²) in [5, 5.41) is 3.24. The Kier molecular flexibility index (Phi) is 2.10. The molecule has 0 radical (unpaired) electrons. The van der Waals surface area contributed by atoms with Gasteiger partial charge in [-0.25, -0.2) is 4.79 Å². The molecule has 0 aliphatic carbocycles. The Bertz CT molecular complexity index is 209. The average Bonchev–Trinajstić information content (AvgIpc) is 2.54. The molecule has 1 fully saturated rings. The van der Waals surface area contributed by atoms with E-state index >= 15 is 0 Å². The number of rotatable bonds is 1. The molecule has 0 aromatic heterocycles. The minimum Gasteiger partial charge on any atom is -0.439 e. The second-order valence-corrected chi connectivity index (χ2v) is 2.97. The molecular weight excluding hydrogens is 156 g/mol. The van der Waals surface area contributed by atoms with E-state index < -0.39 is 0 Å². The normalized spacial score (nSPS) is 30.7. The van der Waals surface area contributed by atoms with Crippen LogP contribution in [-0.4, -0.2) is 43.3 Å². The number of esters is 1. The van der Waals surface area contributed by atoms with Gasteiger partial charge >= 0.3 is 5.97 Å². The Balaban J connectivity index is 1.91. The fraction of sp³-hybridized carbons (Fsp3) is 0.625. The van der Waals surface area contributed by atoms with Gasteiger partial charge in [0.05, 0.1) is 0 Å². The summed E-state index contributed by atoms with van der Waals surface area (Å²) < 4.78 is 5.05. The highest BCUT2D eigenvalue weighted by Gasteiger charge is 2.24. The Morgan fingerprint density at radius 3 is 2.83 bits per heavy atom. The van der Waals surface area contributed by atoms with Crippen molar-refractivity contribution in [2.75, 3.05) is 26.2 Å². The molecule has 0 saturated carbocycles. The van der Waals surface area contributed by atoms with Crippen molar-refractivity contribution in [1.29, 1.82) is 0 Å². The molecule has 0 aromatic rings. The first kappa shape index (κ1) is 7.76. The minimum atomic E-state index is -0.224. The molecule has 66 valence electrons. The van der Waals surface area contributed by atoms with Crippen LogP contribution in [0, 0.1) is 0 Å². The summed E-state index contributed by atoms with van der Waals surface area (Å²) in [6.45, 7) is 3.84. The lowest BCUT2D eigenvalue weighted by Gasteiger charge is -2.30. The first-order valence-corrected chi connectivity index (χ1v) is 4.20. The van der Waals surface area contributed by atoms with E-state index in [0.717, 1.165) is 26.2 Å². The second kappa shape index (κ2) is 3.25. The lowest BCUT2D eigenvalue weighted by Crippen LogP contribution is -2.48. The van der Waals surface area contributed by atoms with Crippen LogP contribution in [0.3, 0.4) is 0 Å². The van der Waals surface area contributed by atoms with E-state index in [1.165, 1.54) is 6.08 Å². The van der Waals surface area contributed by atoms with Crippen LogP contribution in [-0.2, 0) is 9.53 Å². The summed E-state index contributed by atoms with van der Waals surface area (Å²) >= 11 is 0. The molecule has 12 heavy (non-hydrogen) atoms. The summed E-state index contributed by atoms with van der Waals surface area (Å²) in [6, 6.07) is 0. The van der Waals surface area contributed by atoms with Crippen LogP contribution in [0.25, 0.3) is 0 Å². The molecule has 1 atom stereocenters. The monoisotopic (exact) mass is 168 g/mol. The molecule has 0 spiro atoms. The number of cyclic esters (lactones) is 1. The molecule has 2 rings (SSSR count). The number of nitrogens with zero attached hydrogens (tertiary/aromatic N) is 1. The third-order valence-electron chi connectivity index (χ3n) is 2.15. The lowest BCUT2D eigenvalue weighted by molar-refractivity contribution is -0.145. The number of hydrogen-bond donors (Lipinski definition) is 1. The van der Waals surface area contributed by atoms with E-state index in [2.05, 4.69) is 10.2 Å². The average molecular weight is 168 g/mol. The summed E-state index contributed by atoms with van der Waals surface area (Å²) in [7, 11) is 0. The number of nitrogens with one attached hydrogen (secondary N) is 1. The van der Waals surface area contributed by atoms with Gasteiger partial charge in [0.25, 0.3) is 0 Å². The number of carbonyl (C=O) groups is 1. The van der Waals surface area contributed by atoms with E-state index in [9.17, 15) is 4.79 Å². The molecule has 4 heteroatoms. The van der Waals surface area contributed by atoms with Crippen molar-refractivity contribution in [1.82, 2.24) is 10.2 Å². The van der Waals surface area contributed by atoms with Gasteiger partial charge in [-0.2, -0.15) is 0 Å². The number of ether oxygens (including phenoxy) is 1. The summed E-state index contributed by atoms with van der Waals surface area (Å²) in [4.78, 5) is 12.9. The van der Waals surface area contributed by atoms with E-state index in [4.69, 9.17) is 4.74 Å². The Morgan fingerprint density at radius 2 is 2.25 bits per heavy atom. The van der Waals surface area contributed by atoms with Gasteiger partial charge in [-0.05, 0) is 6.08 Å². The van der Waals surface area contributed by atoms with Crippen LogP contribution in [0.15, 0.2) is 12.2 Å². The molecule has 4 nitrogen and oxygen atoms in total. The van der Waals surface area contributed by atoms with Gasteiger partial charge < -0.3 is 10.1 Å². The highest BCUT2D eigenvalue weighted by Crippen LogP contribution is 2.10. The third-order valence-corrected chi connectivity index (χ3v) is 2.15. The van der Waals surface area contributed by atoms with Crippen LogP contribution >= 0.6 is 0 Å². The van der Waals surface area contributed by atoms with Crippen molar-refractivity contribution < 1.29 is 9.53 Å². The van der Waals surface area contributed by atoms with E-state index in [1.54, 1.807) is 0 Å². The van der Waals surface area contributed by atoms with Crippen molar-refractivity contribution in [3.05, 3.63) is 12.2 Å². The minimum absolute atomic E-state index is 0.111. The van der Waals surface area contributed by atoms with Crippen molar-refractivity contribution in [2.24, 2.45) is 0 Å². The number of hydrogen-bond acceptors (Lipinski definition) is 4. The van der Waals surface area contributed by atoms with Crippen molar-refractivity contribution in [2.45, 2.75) is 6.23 Å². The van der Waals surface area contributed by atoms with Gasteiger partial charge in [0, 0.05) is 32.3 Å². The van der Waals surface area contributed by atoms with Crippen molar-refractivity contribution in [3.8, 4) is 0 Å².